The van der Waals surface area contributed by atoms with E-state index in [9.17, 15) is 21.6 Å². The summed E-state index contributed by atoms with van der Waals surface area (Å²) in [6.45, 7) is 0. The van der Waals surface area contributed by atoms with E-state index in [4.69, 9.17) is 0 Å². The van der Waals surface area contributed by atoms with Crippen molar-refractivity contribution in [2.24, 2.45) is 0 Å². The van der Waals surface area contributed by atoms with Crippen molar-refractivity contribution in [1.82, 2.24) is 0 Å². The fraction of sp³-hybridized carbons (Fsp3) is 0.0769. The normalized spacial score (nSPS) is 12.2. The van der Waals surface area contributed by atoms with Gasteiger partial charge in [-0.05, 0) is 23.3 Å². The topological polar surface area (TPSA) is 43.4 Å². The summed E-state index contributed by atoms with van der Waals surface area (Å²) in [5, 5.41) is 0. The lowest BCUT2D eigenvalue weighted by molar-refractivity contribution is -0.0500. The number of benzene rings is 2. The van der Waals surface area contributed by atoms with E-state index in [2.05, 4.69) is 4.18 Å². The Bertz CT molecular complexity index is 677. The van der Waals surface area contributed by atoms with E-state index in [1.54, 1.807) is 0 Å². The number of alkyl halides is 3. The first-order chi connectivity index (χ1) is 9.29. The quantitative estimate of drug-likeness (QED) is 0.643. The van der Waals surface area contributed by atoms with Crippen LogP contribution in [-0.2, 0) is 10.1 Å². The van der Waals surface area contributed by atoms with Crippen molar-refractivity contribution in [3.05, 3.63) is 54.6 Å². The van der Waals surface area contributed by atoms with Gasteiger partial charge in [0.1, 0.15) is 5.75 Å². The first-order valence-electron chi connectivity index (χ1n) is 5.46. The second kappa shape index (κ2) is 5.16. The van der Waals surface area contributed by atoms with Gasteiger partial charge < -0.3 is 4.18 Å². The highest BCUT2D eigenvalue weighted by Crippen LogP contribution is 2.28. The number of rotatable bonds is 3. The Labute approximate surface area is 113 Å². The molecule has 0 aliphatic heterocycles. The summed E-state index contributed by atoms with van der Waals surface area (Å²) >= 11 is 0. The lowest BCUT2D eigenvalue weighted by Gasteiger charge is -2.09. The zero-order valence-electron chi connectivity index (χ0n) is 9.96. The predicted octanol–water partition coefficient (Wildman–Crippen LogP) is 3.58. The van der Waals surface area contributed by atoms with Crippen molar-refractivity contribution in [2.45, 2.75) is 5.51 Å². The van der Waals surface area contributed by atoms with Gasteiger partial charge in [0.2, 0.25) is 0 Å². The molecule has 3 nitrogen and oxygen atoms in total. The molecule has 2 aromatic carbocycles. The van der Waals surface area contributed by atoms with Crippen LogP contribution in [0.1, 0.15) is 0 Å². The lowest BCUT2D eigenvalue weighted by Crippen LogP contribution is -2.28. The molecular weight excluding hydrogens is 293 g/mol. The number of halogens is 3. The summed E-state index contributed by atoms with van der Waals surface area (Å²) in [5.74, 6) is -0.387. The molecule has 0 spiro atoms. The monoisotopic (exact) mass is 302 g/mol. The van der Waals surface area contributed by atoms with Crippen molar-refractivity contribution < 1.29 is 25.8 Å². The van der Waals surface area contributed by atoms with Crippen molar-refractivity contribution >= 4 is 10.1 Å². The Morgan fingerprint density at radius 1 is 0.800 bits per heavy atom. The average Bonchev–Trinajstić information content (AvgIpc) is 2.39. The van der Waals surface area contributed by atoms with Crippen LogP contribution in [-0.4, -0.2) is 13.9 Å². The molecule has 7 heteroatoms. The SMILES string of the molecule is O=S(=O)(Oc1ccc(-c2ccccc2)cc1)C(F)(F)F. The average molecular weight is 302 g/mol. The van der Waals surface area contributed by atoms with Gasteiger partial charge in [-0.2, -0.15) is 21.6 Å². The largest absolute Gasteiger partial charge is 0.534 e. The highest BCUT2D eigenvalue weighted by Gasteiger charge is 2.48. The Morgan fingerprint density at radius 2 is 1.30 bits per heavy atom. The molecule has 0 radical (unpaired) electrons. The molecule has 0 heterocycles. The smallest absolute Gasteiger partial charge is 0.376 e. The standard InChI is InChI=1S/C13H9F3O3S/c14-13(15,16)20(17,18)19-12-8-6-11(7-9-12)10-4-2-1-3-5-10/h1-9H. The lowest BCUT2D eigenvalue weighted by atomic mass is 10.1. The second-order valence-corrected chi connectivity index (χ2v) is 5.41. The van der Waals surface area contributed by atoms with Gasteiger partial charge in [-0.25, -0.2) is 0 Å². The third kappa shape index (κ3) is 3.11. The molecule has 2 rings (SSSR count). The summed E-state index contributed by atoms with van der Waals surface area (Å²) in [6, 6.07) is 14.4. The van der Waals surface area contributed by atoms with Gasteiger partial charge in [-0.3, -0.25) is 0 Å². The zero-order chi connectivity index (χ0) is 14.8. The molecule has 0 amide bonds. The molecule has 0 aliphatic carbocycles. The minimum atomic E-state index is -5.63. The van der Waals surface area contributed by atoms with Crippen molar-refractivity contribution in [3.63, 3.8) is 0 Å². The molecule has 2 aromatic rings. The van der Waals surface area contributed by atoms with Gasteiger partial charge in [0.05, 0.1) is 0 Å². The van der Waals surface area contributed by atoms with E-state index in [1.165, 1.54) is 24.3 Å². The van der Waals surface area contributed by atoms with E-state index in [-0.39, 0.29) is 5.75 Å². The highest BCUT2D eigenvalue weighted by molar-refractivity contribution is 7.87. The first kappa shape index (κ1) is 14.4. The highest BCUT2D eigenvalue weighted by atomic mass is 32.2. The molecule has 0 N–H and O–H groups in total. The fourth-order valence-corrected chi connectivity index (χ4v) is 1.97. The van der Waals surface area contributed by atoms with Crippen molar-refractivity contribution in [1.29, 1.82) is 0 Å². The molecule has 0 fully saturated rings. The van der Waals surface area contributed by atoms with E-state index in [0.29, 0.717) is 0 Å². The number of hydrogen-bond donors (Lipinski definition) is 0. The molecule has 0 unspecified atom stereocenters. The minimum Gasteiger partial charge on any atom is -0.376 e. The third-order valence-corrected chi connectivity index (χ3v) is 3.43. The summed E-state index contributed by atoms with van der Waals surface area (Å²) < 4.78 is 62.1. The molecule has 0 saturated heterocycles. The van der Waals surface area contributed by atoms with Gasteiger partial charge in [0.15, 0.2) is 0 Å². The van der Waals surface area contributed by atoms with E-state index in [1.807, 2.05) is 30.3 Å². The van der Waals surface area contributed by atoms with E-state index >= 15 is 0 Å². The Kier molecular flexibility index (Phi) is 3.71. The van der Waals surface area contributed by atoms with Crippen LogP contribution in [0.5, 0.6) is 5.75 Å². The van der Waals surface area contributed by atoms with E-state index in [0.717, 1.165) is 11.1 Å². The second-order valence-electron chi connectivity index (χ2n) is 3.87. The summed E-state index contributed by atoms with van der Waals surface area (Å²) in [7, 11) is -5.63. The summed E-state index contributed by atoms with van der Waals surface area (Å²) in [5.41, 5.74) is -3.84. The van der Waals surface area contributed by atoms with Crippen LogP contribution < -0.4 is 4.18 Å². The third-order valence-electron chi connectivity index (χ3n) is 2.45. The van der Waals surface area contributed by atoms with Crippen LogP contribution in [0.3, 0.4) is 0 Å². The van der Waals surface area contributed by atoms with Crippen LogP contribution in [0, 0.1) is 0 Å². The van der Waals surface area contributed by atoms with E-state index < -0.39 is 15.6 Å². The molecular formula is C13H9F3O3S. The Balaban J connectivity index is 2.22. The van der Waals surface area contributed by atoms with Crippen LogP contribution in [0.15, 0.2) is 54.6 Å². The first-order valence-corrected chi connectivity index (χ1v) is 6.87. The van der Waals surface area contributed by atoms with Crippen molar-refractivity contribution in [2.75, 3.05) is 0 Å². The summed E-state index contributed by atoms with van der Waals surface area (Å²) in [4.78, 5) is 0. The molecule has 20 heavy (non-hydrogen) atoms. The Morgan fingerprint density at radius 3 is 1.80 bits per heavy atom. The van der Waals surface area contributed by atoms with Gasteiger partial charge in [0.25, 0.3) is 0 Å². The predicted molar refractivity (Wildman–Crippen MR) is 67.5 cm³/mol. The maximum Gasteiger partial charge on any atom is 0.534 e. The van der Waals surface area contributed by atoms with Crippen LogP contribution >= 0.6 is 0 Å². The van der Waals surface area contributed by atoms with Crippen LogP contribution in [0.4, 0.5) is 13.2 Å². The zero-order valence-corrected chi connectivity index (χ0v) is 10.8. The summed E-state index contributed by atoms with van der Waals surface area (Å²) in [6.07, 6.45) is 0. The van der Waals surface area contributed by atoms with Gasteiger partial charge in [-0.1, -0.05) is 42.5 Å². The van der Waals surface area contributed by atoms with Gasteiger partial charge in [0, 0.05) is 0 Å². The van der Waals surface area contributed by atoms with Crippen LogP contribution in [0.2, 0.25) is 0 Å². The molecule has 0 saturated carbocycles. The molecule has 0 atom stereocenters. The minimum absolute atomic E-state index is 0.387. The van der Waals surface area contributed by atoms with Crippen LogP contribution in [0.25, 0.3) is 11.1 Å². The van der Waals surface area contributed by atoms with Gasteiger partial charge >= 0.3 is 15.6 Å². The van der Waals surface area contributed by atoms with Crippen molar-refractivity contribution in [3.8, 4) is 16.9 Å². The molecule has 0 aliphatic rings. The Hall–Kier alpha value is -2.02. The van der Waals surface area contributed by atoms with Gasteiger partial charge in [-0.15, -0.1) is 0 Å². The maximum absolute atomic E-state index is 12.2. The molecule has 0 bridgehead atoms. The maximum atomic E-state index is 12.2. The number of hydrogen-bond acceptors (Lipinski definition) is 3. The fourth-order valence-electron chi connectivity index (χ4n) is 1.51. The molecule has 106 valence electrons. The molecule has 0 aromatic heterocycles.